The maximum atomic E-state index is 13.4. The predicted molar refractivity (Wildman–Crippen MR) is 115 cm³/mol. The molecule has 0 unspecified atom stereocenters. The van der Waals surface area contributed by atoms with Gasteiger partial charge in [-0.05, 0) is 75.6 Å². The van der Waals surface area contributed by atoms with Gasteiger partial charge in [0.25, 0.3) is 0 Å². The molecule has 2 aliphatic carbocycles. The number of benzene rings is 1. The van der Waals surface area contributed by atoms with Crippen LogP contribution in [0.1, 0.15) is 44.9 Å². The van der Waals surface area contributed by atoms with Crippen molar-refractivity contribution < 1.29 is 9.18 Å². The number of hydrogen-bond donors (Lipinski definition) is 1. The lowest BCUT2D eigenvalue weighted by atomic mass is 9.83. The van der Waals surface area contributed by atoms with E-state index in [0.717, 1.165) is 70.0 Å². The van der Waals surface area contributed by atoms with Crippen LogP contribution in [0.25, 0.3) is 0 Å². The van der Waals surface area contributed by atoms with Crippen molar-refractivity contribution in [1.82, 2.24) is 10.2 Å². The van der Waals surface area contributed by atoms with Crippen molar-refractivity contribution in [3.8, 4) is 0 Å². The zero-order chi connectivity index (χ0) is 20.1. The molecule has 4 rings (SSSR count). The third kappa shape index (κ3) is 5.59. The molecule has 1 heterocycles. The summed E-state index contributed by atoms with van der Waals surface area (Å²) in [6.45, 7) is 5.21. The number of carbonyl (C=O) groups is 1. The summed E-state index contributed by atoms with van der Waals surface area (Å²) in [6.07, 6.45) is 12.1. The third-order valence-corrected chi connectivity index (χ3v) is 6.97. The lowest BCUT2D eigenvalue weighted by Gasteiger charge is -2.37. The molecule has 29 heavy (non-hydrogen) atoms. The molecule has 1 aliphatic heterocycles. The van der Waals surface area contributed by atoms with Gasteiger partial charge in [-0.3, -0.25) is 9.69 Å². The standard InChI is InChI=1S/C24H34FN3O/c25-21-6-3-7-23(18-21)28-16-14-27(15-17-28)13-12-19-8-10-22(11-9-19)26-24(29)20-4-1-2-5-20/h1-3,6-7,18-20,22H,4-5,8-17H2,(H,26,29)/t19-,22-. The molecule has 3 aliphatic rings. The average Bonchev–Trinajstić information content (AvgIpc) is 3.29. The van der Waals surface area contributed by atoms with E-state index >= 15 is 0 Å². The summed E-state index contributed by atoms with van der Waals surface area (Å²) < 4.78 is 13.4. The molecular weight excluding hydrogens is 365 g/mol. The minimum atomic E-state index is -0.156. The highest BCUT2D eigenvalue weighted by Crippen LogP contribution is 2.28. The SMILES string of the molecule is O=C(N[C@H]1CC[C@H](CCN2CCN(c3cccc(F)c3)CC2)CC1)C1CC=CC1. The second-order valence-electron chi connectivity index (χ2n) is 8.96. The van der Waals surface area contributed by atoms with Gasteiger partial charge in [0.1, 0.15) is 5.82 Å². The average molecular weight is 400 g/mol. The van der Waals surface area contributed by atoms with Gasteiger partial charge in [-0.2, -0.15) is 0 Å². The van der Waals surface area contributed by atoms with Crippen molar-refractivity contribution >= 4 is 11.6 Å². The Morgan fingerprint density at radius 1 is 1.03 bits per heavy atom. The van der Waals surface area contributed by atoms with Crippen LogP contribution in [0.5, 0.6) is 0 Å². The second-order valence-corrected chi connectivity index (χ2v) is 8.96. The van der Waals surface area contributed by atoms with E-state index < -0.39 is 0 Å². The first-order valence-electron chi connectivity index (χ1n) is 11.4. The maximum Gasteiger partial charge on any atom is 0.223 e. The van der Waals surface area contributed by atoms with Crippen LogP contribution < -0.4 is 10.2 Å². The lowest BCUT2D eigenvalue weighted by molar-refractivity contribution is -0.125. The number of rotatable bonds is 6. The smallest absolute Gasteiger partial charge is 0.223 e. The molecule has 1 saturated heterocycles. The Hall–Kier alpha value is -1.88. The number of nitrogens with zero attached hydrogens (tertiary/aromatic N) is 2. The van der Waals surface area contributed by atoms with Crippen LogP contribution in [-0.4, -0.2) is 49.6 Å². The number of amides is 1. The van der Waals surface area contributed by atoms with E-state index in [1.165, 1.54) is 25.3 Å². The number of carbonyl (C=O) groups excluding carboxylic acids is 1. The van der Waals surface area contributed by atoms with Crippen molar-refractivity contribution in [2.75, 3.05) is 37.6 Å². The molecule has 0 atom stereocenters. The molecule has 158 valence electrons. The summed E-state index contributed by atoms with van der Waals surface area (Å²) in [5.74, 6) is 1.07. The molecule has 0 aromatic heterocycles. The fraction of sp³-hybridized carbons (Fsp3) is 0.625. The van der Waals surface area contributed by atoms with E-state index in [1.54, 1.807) is 12.1 Å². The number of nitrogens with one attached hydrogen (secondary N) is 1. The topological polar surface area (TPSA) is 35.6 Å². The highest BCUT2D eigenvalue weighted by Gasteiger charge is 2.26. The summed E-state index contributed by atoms with van der Waals surface area (Å²) in [6, 6.07) is 7.32. The number of piperazine rings is 1. The molecular formula is C24H34FN3O. The van der Waals surface area contributed by atoms with Crippen molar-refractivity contribution in [1.29, 1.82) is 0 Å². The normalized spacial score (nSPS) is 26.0. The molecule has 4 nitrogen and oxygen atoms in total. The van der Waals surface area contributed by atoms with Crippen molar-refractivity contribution in [2.45, 2.75) is 51.0 Å². The van der Waals surface area contributed by atoms with Gasteiger partial charge in [0.15, 0.2) is 0 Å². The van der Waals surface area contributed by atoms with Gasteiger partial charge in [0, 0.05) is 43.8 Å². The Labute approximate surface area is 174 Å². The van der Waals surface area contributed by atoms with Crippen LogP contribution in [0.4, 0.5) is 10.1 Å². The van der Waals surface area contributed by atoms with Crippen LogP contribution in [0.3, 0.4) is 0 Å². The quantitative estimate of drug-likeness (QED) is 0.735. The predicted octanol–water partition coefficient (Wildman–Crippen LogP) is 3.98. The maximum absolute atomic E-state index is 13.4. The molecule has 1 aromatic rings. The monoisotopic (exact) mass is 399 g/mol. The van der Waals surface area contributed by atoms with Gasteiger partial charge in [-0.25, -0.2) is 4.39 Å². The highest BCUT2D eigenvalue weighted by molar-refractivity contribution is 5.79. The molecule has 1 saturated carbocycles. The first-order valence-corrected chi connectivity index (χ1v) is 11.4. The van der Waals surface area contributed by atoms with Gasteiger partial charge in [0.2, 0.25) is 5.91 Å². The Morgan fingerprint density at radius 3 is 2.45 bits per heavy atom. The second kappa shape index (κ2) is 9.75. The summed E-state index contributed by atoms with van der Waals surface area (Å²) in [4.78, 5) is 17.1. The lowest BCUT2D eigenvalue weighted by Crippen LogP contribution is -2.47. The molecule has 0 radical (unpaired) electrons. The summed E-state index contributed by atoms with van der Waals surface area (Å²) >= 11 is 0. The Bertz CT molecular complexity index is 698. The number of allylic oxidation sites excluding steroid dienone is 2. The molecule has 1 amide bonds. The molecule has 0 spiro atoms. The molecule has 0 bridgehead atoms. The molecule has 1 aromatic carbocycles. The minimum Gasteiger partial charge on any atom is -0.369 e. The van der Waals surface area contributed by atoms with E-state index in [-0.39, 0.29) is 17.6 Å². The number of hydrogen-bond acceptors (Lipinski definition) is 3. The van der Waals surface area contributed by atoms with Crippen molar-refractivity contribution in [3.63, 3.8) is 0 Å². The summed E-state index contributed by atoms with van der Waals surface area (Å²) in [7, 11) is 0. The Kier molecular flexibility index (Phi) is 6.86. The Morgan fingerprint density at radius 2 is 1.76 bits per heavy atom. The minimum absolute atomic E-state index is 0.156. The number of halogens is 1. The van der Waals surface area contributed by atoms with Gasteiger partial charge in [-0.15, -0.1) is 0 Å². The molecule has 5 heteroatoms. The first kappa shape index (κ1) is 20.4. The van der Waals surface area contributed by atoms with E-state index in [9.17, 15) is 9.18 Å². The van der Waals surface area contributed by atoms with Crippen LogP contribution in [-0.2, 0) is 4.79 Å². The van der Waals surface area contributed by atoms with Crippen LogP contribution in [0.15, 0.2) is 36.4 Å². The zero-order valence-electron chi connectivity index (χ0n) is 17.4. The first-order chi connectivity index (χ1) is 14.2. The summed E-state index contributed by atoms with van der Waals surface area (Å²) in [5.41, 5.74) is 0.999. The van der Waals surface area contributed by atoms with Crippen molar-refractivity contribution in [2.24, 2.45) is 11.8 Å². The fourth-order valence-electron chi connectivity index (χ4n) is 5.01. The molecule has 1 N–H and O–H groups in total. The van der Waals surface area contributed by atoms with Gasteiger partial charge >= 0.3 is 0 Å². The highest BCUT2D eigenvalue weighted by atomic mass is 19.1. The van der Waals surface area contributed by atoms with Gasteiger partial charge in [0.05, 0.1) is 0 Å². The fourth-order valence-corrected chi connectivity index (χ4v) is 5.01. The van der Waals surface area contributed by atoms with E-state index in [1.807, 2.05) is 6.07 Å². The van der Waals surface area contributed by atoms with E-state index in [2.05, 4.69) is 27.3 Å². The van der Waals surface area contributed by atoms with Crippen molar-refractivity contribution in [3.05, 3.63) is 42.2 Å². The van der Waals surface area contributed by atoms with Gasteiger partial charge < -0.3 is 10.2 Å². The zero-order valence-corrected chi connectivity index (χ0v) is 17.4. The van der Waals surface area contributed by atoms with E-state index in [4.69, 9.17) is 0 Å². The van der Waals surface area contributed by atoms with Crippen LogP contribution in [0.2, 0.25) is 0 Å². The summed E-state index contributed by atoms with van der Waals surface area (Å²) in [5, 5.41) is 3.29. The van der Waals surface area contributed by atoms with Crippen LogP contribution >= 0.6 is 0 Å². The van der Waals surface area contributed by atoms with Gasteiger partial charge in [-0.1, -0.05) is 18.2 Å². The largest absolute Gasteiger partial charge is 0.369 e. The Balaban J connectivity index is 1.12. The molecule has 2 fully saturated rings. The third-order valence-electron chi connectivity index (χ3n) is 6.97. The van der Waals surface area contributed by atoms with E-state index in [0.29, 0.717) is 6.04 Å². The van der Waals surface area contributed by atoms with Crippen LogP contribution in [0, 0.1) is 17.7 Å². The number of anilines is 1.